The Balaban J connectivity index is 1.13. The van der Waals surface area contributed by atoms with Gasteiger partial charge in [-0.1, -0.05) is 23.8 Å². The van der Waals surface area contributed by atoms with Crippen molar-refractivity contribution >= 4 is 23.7 Å². The van der Waals surface area contributed by atoms with Gasteiger partial charge in [0.1, 0.15) is 11.6 Å². The Morgan fingerprint density at radius 1 is 1.03 bits per heavy atom. The summed E-state index contributed by atoms with van der Waals surface area (Å²) in [6.07, 6.45) is 4.50. The molecular formula is C29H27F3N4O3. The van der Waals surface area contributed by atoms with E-state index in [1.807, 2.05) is 18.2 Å². The highest BCUT2D eigenvalue weighted by Gasteiger charge is 2.30. The van der Waals surface area contributed by atoms with Crippen molar-refractivity contribution in [2.75, 3.05) is 11.4 Å². The number of halogens is 3. The Bertz CT molecular complexity index is 1360. The summed E-state index contributed by atoms with van der Waals surface area (Å²) in [4.78, 5) is 34.3. The van der Waals surface area contributed by atoms with Gasteiger partial charge in [-0.3, -0.25) is 14.5 Å². The van der Waals surface area contributed by atoms with E-state index in [1.165, 1.54) is 17.8 Å². The molecule has 5 rings (SSSR count). The van der Waals surface area contributed by atoms with Crippen LogP contribution in [0.5, 0.6) is 11.6 Å². The normalized spacial score (nSPS) is 17.7. The predicted molar refractivity (Wildman–Crippen MR) is 139 cm³/mol. The molecule has 2 fully saturated rings. The van der Waals surface area contributed by atoms with Crippen LogP contribution in [0.2, 0.25) is 0 Å². The van der Waals surface area contributed by atoms with Crippen LogP contribution in [-0.4, -0.2) is 34.4 Å². The van der Waals surface area contributed by atoms with Crippen molar-refractivity contribution in [2.24, 2.45) is 0 Å². The van der Waals surface area contributed by atoms with E-state index in [0.717, 1.165) is 49.9 Å². The van der Waals surface area contributed by atoms with E-state index in [2.05, 4.69) is 21.4 Å². The molecule has 3 aromatic rings. The number of amides is 2. The van der Waals surface area contributed by atoms with Crippen molar-refractivity contribution in [3.63, 3.8) is 0 Å². The van der Waals surface area contributed by atoms with E-state index < -0.39 is 11.7 Å². The molecule has 0 unspecified atom stereocenters. The van der Waals surface area contributed by atoms with Gasteiger partial charge >= 0.3 is 6.18 Å². The monoisotopic (exact) mass is 536 g/mol. The molecule has 3 heterocycles. The van der Waals surface area contributed by atoms with Gasteiger partial charge in [0.15, 0.2) is 0 Å². The molecule has 1 saturated carbocycles. The summed E-state index contributed by atoms with van der Waals surface area (Å²) in [5.74, 6) is 1.01. The van der Waals surface area contributed by atoms with Crippen LogP contribution in [0.4, 0.5) is 19.0 Å². The van der Waals surface area contributed by atoms with Crippen LogP contribution in [0, 0.1) is 0 Å². The number of carbonyl (C=O) groups excluding carboxylic acids is 2. The van der Waals surface area contributed by atoms with Gasteiger partial charge < -0.3 is 10.1 Å². The third-order valence-corrected chi connectivity index (χ3v) is 6.84. The third-order valence-electron chi connectivity index (χ3n) is 6.84. The molecule has 10 heteroatoms. The molecule has 2 aromatic heterocycles. The zero-order chi connectivity index (χ0) is 27.4. The van der Waals surface area contributed by atoms with Gasteiger partial charge in [-0.05, 0) is 68.0 Å². The van der Waals surface area contributed by atoms with E-state index in [-0.39, 0.29) is 23.7 Å². The van der Waals surface area contributed by atoms with Gasteiger partial charge in [0, 0.05) is 37.5 Å². The highest BCUT2D eigenvalue weighted by atomic mass is 19.4. The van der Waals surface area contributed by atoms with E-state index in [1.54, 1.807) is 23.1 Å². The lowest BCUT2D eigenvalue weighted by atomic mass is 9.89. The summed E-state index contributed by atoms with van der Waals surface area (Å²) in [5, 5.41) is 3.08. The Labute approximate surface area is 223 Å². The molecule has 39 heavy (non-hydrogen) atoms. The zero-order valence-electron chi connectivity index (χ0n) is 21.1. The Morgan fingerprint density at radius 3 is 2.49 bits per heavy atom. The van der Waals surface area contributed by atoms with Crippen molar-refractivity contribution in [1.82, 2.24) is 15.3 Å². The largest absolute Gasteiger partial charge is 0.439 e. The molecule has 1 aliphatic heterocycles. The first-order valence-corrected chi connectivity index (χ1v) is 12.8. The molecule has 1 saturated heterocycles. The van der Waals surface area contributed by atoms with Gasteiger partial charge in [-0.25, -0.2) is 9.97 Å². The Kier molecular flexibility index (Phi) is 7.63. The molecule has 0 atom stereocenters. The summed E-state index contributed by atoms with van der Waals surface area (Å²) in [5.41, 5.74) is 1.79. The summed E-state index contributed by atoms with van der Waals surface area (Å²) in [6.45, 7) is 0.656. The van der Waals surface area contributed by atoms with Crippen molar-refractivity contribution in [3.8, 4) is 11.6 Å². The summed E-state index contributed by atoms with van der Waals surface area (Å²) < 4.78 is 43.9. The minimum Gasteiger partial charge on any atom is -0.439 e. The topological polar surface area (TPSA) is 84.4 Å². The number of nitrogens with zero attached hydrogens (tertiary/aromatic N) is 3. The number of alkyl halides is 3. The average Bonchev–Trinajstić information content (AvgIpc) is 3.35. The summed E-state index contributed by atoms with van der Waals surface area (Å²) in [7, 11) is 0. The zero-order valence-corrected chi connectivity index (χ0v) is 21.1. The lowest BCUT2D eigenvalue weighted by Gasteiger charge is -2.25. The number of benzene rings is 1. The fourth-order valence-electron chi connectivity index (χ4n) is 4.75. The van der Waals surface area contributed by atoms with Crippen LogP contribution in [-0.2, 0) is 11.0 Å². The number of aromatic nitrogens is 2. The minimum atomic E-state index is -4.45. The van der Waals surface area contributed by atoms with E-state index in [4.69, 9.17) is 4.74 Å². The molecule has 202 valence electrons. The number of anilines is 1. The van der Waals surface area contributed by atoms with Gasteiger partial charge in [0.2, 0.25) is 11.8 Å². The van der Waals surface area contributed by atoms with Crippen molar-refractivity contribution < 1.29 is 27.5 Å². The highest BCUT2D eigenvalue weighted by molar-refractivity contribution is 5.96. The Hall–Kier alpha value is -4.21. The number of pyridine rings is 2. The minimum absolute atomic E-state index is 0.0508. The van der Waals surface area contributed by atoms with Crippen LogP contribution in [0.3, 0.4) is 0 Å². The lowest BCUT2D eigenvalue weighted by molar-refractivity contribution is -0.137. The maximum Gasteiger partial charge on any atom is 0.417 e. The molecule has 1 N–H and O–H groups in total. The number of carbonyl (C=O) groups is 2. The van der Waals surface area contributed by atoms with Crippen LogP contribution in [0.25, 0.3) is 6.08 Å². The first-order chi connectivity index (χ1) is 18.7. The van der Waals surface area contributed by atoms with Crippen LogP contribution in [0.1, 0.15) is 60.0 Å². The number of rotatable bonds is 6. The molecule has 1 aromatic carbocycles. The Morgan fingerprint density at radius 2 is 1.85 bits per heavy atom. The number of allylic oxidation sites excluding steroid dienone is 1. The van der Waals surface area contributed by atoms with E-state index >= 15 is 0 Å². The standard InChI is InChI=1S/C29H27F3N4O3/c30-29(31,32)22-9-13-26(34-18-22)39-24-4-1-3-20(16-24)15-19-6-10-23(11-7-19)35-28(38)21-8-12-25(33-17-21)36-14-2-5-27(36)37/h1,3-4,8-9,12-13,15-18,23H,2,5-7,10-11,14H2,(H,35,38). The second-order valence-electron chi connectivity index (χ2n) is 9.66. The summed E-state index contributed by atoms with van der Waals surface area (Å²) >= 11 is 0. The lowest BCUT2D eigenvalue weighted by Crippen LogP contribution is -2.36. The second-order valence-corrected chi connectivity index (χ2v) is 9.66. The quantitative estimate of drug-likeness (QED) is 0.407. The fourth-order valence-corrected chi connectivity index (χ4v) is 4.75. The van der Waals surface area contributed by atoms with Crippen LogP contribution in [0.15, 0.2) is 66.5 Å². The molecule has 1 aliphatic carbocycles. The number of hydrogen-bond acceptors (Lipinski definition) is 5. The van der Waals surface area contributed by atoms with E-state index in [0.29, 0.717) is 30.1 Å². The molecular weight excluding hydrogens is 509 g/mol. The molecule has 0 radical (unpaired) electrons. The van der Waals surface area contributed by atoms with Gasteiger partial charge in [-0.2, -0.15) is 13.2 Å². The summed E-state index contributed by atoms with van der Waals surface area (Å²) in [6, 6.07) is 12.9. The molecule has 2 amide bonds. The molecule has 0 spiro atoms. The van der Waals surface area contributed by atoms with Crippen molar-refractivity contribution in [2.45, 2.75) is 50.7 Å². The number of hydrogen-bond donors (Lipinski definition) is 1. The molecule has 7 nitrogen and oxygen atoms in total. The first-order valence-electron chi connectivity index (χ1n) is 12.8. The third kappa shape index (κ3) is 6.63. The number of nitrogens with one attached hydrogen (secondary N) is 1. The van der Waals surface area contributed by atoms with Crippen molar-refractivity contribution in [1.29, 1.82) is 0 Å². The highest BCUT2D eigenvalue weighted by Crippen LogP contribution is 2.31. The van der Waals surface area contributed by atoms with E-state index in [9.17, 15) is 22.8 Å². The van der Waals surface area contributed by atoms with Gasteiger partial charge in [-0.15, -0.1) is 0 Å². The van der Waals surface area contributed by atoms with Crippen LogP contribution < -0.4 is 15.0 Å². The first kappa shape index (κ1) is 26.4. The molecule has 2 aliphatic rings. The maximum absolute atomic E-state index is 12.7. The smallest absolute Gasteiger partial charge is 0.417 e. The molecule has 0 bridgehead atoms. The maximum atomic E-state index is 12.7. The number of ether oxygens (including phenoxy) is 1. The van der Waals surface area contributed by atoms with Crippen molar-refractivity contribution in [3.05, 3.63) is 83.2 Å². The van der Waals surface area contributed by atoms with Crippen LogP contribution >= 0.6 is 0 Å². The average molecular weight is 537 g/mol. The predicted octanol–water partition coefficient (Wildman–Crippen LogP) is 6.17. The SMILES string of the molecule is O=C(NC1CCC(=Cc2cccc(Oc3ccc(C(F)(F)F)cn3)c2)CC1)c1ccc(N2CCCC2=O)nc1. The second kappa shape index (κ2) is 11.3. The van der Waals surface area contributed by atoms with Gasteiger partial charge in [0.05, 0.1) is 11.1 Å². The fraction of sp³-hybridized carbons (Fsp3) is 0.310. The van der Waals surface area contributed by atoms with Gasteiger partial charge in [0.25, 0.3) is 5.91 Å².